The van der Waals surface area contributed by atoms with Crippen molar-refractivity contribution in [2.24, 2.45) is 10.9 Å². The van der Waals surface area contributed by atoms with Gasteiger partial charge in [0.15, 0.2) is 5.84 Å². The van der Waals surface area contributed by atoms with Crippen molar-refractivity contribution >= 4 is 11.8 Å². The maximum atomic E-state index is 8.76. The van der Waals surface area contributed by atoms with E-state index in [1.807, 2.05) is 18.9 Å². The van der Waals surface area contributed by atoms with E-state index in [0.29, 0.717) is 17.7 Å². The molecule has 7 heteroatoms. The summed E-state index contributed by atoms with van der Waals surface area (Å²) in [6.07, 6.45) is 2.43. The predicted molar refractivity (Wildman–Crippen MR) is 78.2 cm³/mol. The van der Waals surface area contributed by atoms with Crippen LogP contribution in [0.5, 0.6) is 0 Å². The van der Waals surface area contributed by atoms with Crippen molar-refractivity contribution in [3.05, 3.63) is 17.5 Å². The summed E-state index contributed by atoms with van der Waals surface area (Å²) in [7, 11) is 4.11. The molecule has 1 unspecified atom stereocenters. The molecule has 0 bridgehead atoms. The zero-order chi connectivity index (χ0) is 14.7. The maximum Gasteiger partial charge on any atom is 0.226 e. The quantitative estimate of drug-likeness (QED) is 0.359. The molecule has 7 nitrogen and oxygen atoms in total. The van der Waals surface area contributed by atoms with Crippen LogP contribution in [0.15, 0.2) is 11.2 Å². The van der Waals surface area contributed by atoms with Crippen molar-refractivity contribution in [3.63, 3.8) is 0 Å². The van der Waals surface area contributed by atoms with Crippen molar-refractivity contribution in [3.8, 4) is 0 Å². The summed E-state index contributed by atoms with van der Waals surface area (Å²) in [4.78, 5) is 13.2. The third kappa shape index (κ3) is 3.16. The summed E-state index contributed by atoms with van der Waals surface area (Å²) in [5.74, 6) is 0.607. The molecule has 0 saturated carbocycles. The summed E-state index contributed by atoms with van der Waals surface area (Å²) < 4.78 is 0. The van der Waals surface area contributed by atoms with Crippen LogP contribution < -0.4 is 10.6 Å². The number of likely N-dealkylation sites (tertiary alicyclic amines) is 1. The topological polar surface area (TPSA) is 90.9 Å². The van der Waals surface area contributed by atoms with Gasteiger partial charge < -0.3 is 20.7 Å². The van der Waals surface area contributed by atoms with Gasteiger partial charge >= 0.3 is 0 Å². The molecule has 20 heavy (non-hydrogen) atoms. The Morgan fingerprint density at radius 1 is 1.60 bits per heavy atom. The Labute approximate surface area is 119 Å². The molecule has 1 aliphatic rings. The molecule has 0 spiro atoms. The van der Waals surface area contributed by atoms with Crippen LogP contribution in [-0.4, -0.2) is 59.1 Å². The van der Waals surface area contributed by atoms with Gasteiger partial charge in [-0.05, 0) is 39.4 Å². The first-order valence-electron chi connectivity index (χ1n) is 6.76. The predicted octanol–water partition coefficient (Wildman–Crippen LogP) is 0.410. The molecule has 0 amide bonds. The molecule has 1 aliphatic heterocycles. The highest BCUT2D eigenvalue weighted by Gasteiger charge is 2.23. The fraction of sp³-hybridized carbons (Fsp3) is 0.615. The second-order valence-electron chi connectivity index (χ2n) is 5.34. The number of aryl methyl sites for hydroxylation is 1. The van der Waals surface area contributed by atoms with Gasteiger partial charge in [-0.15, -0.1) is 0 Å². The van der Waals surface area contributed by atoms with Gasteiger partial charge in [-0.25, -0.2) is 9.97 Å². The number of hydrogen-bond acceptors (Lipinski definition) is 6. The van der Waals surface area contributed by atoms with Crippen LogP contribution in [0.2, 0.25) is 0 Å². The van der Waals surface area contributed by atoms with E-state index in [1.54, 1.807) is 6.07 Å². The lowest BCUT2D eigenvalue weighted by atomic mass is 10.2. The lowest BCUT2D eigenvalue weighted by Crippen LogP contribution is -2.37. The average Bonchev–Trinajstić information content (AvgIpc) is 2.82. The second kappa shape index (κ2) is 6.04. The van der Waals surface area contributed by atoms with E-state index in [1.165, 1.54) is 12.8 Å². The van der Waals surface area contributed by atoms with E-state index in [0.717, 1.165) is 18.8 Å². The zero-order valence-electron chi connectivity index (χ0n) is 12.2. The fourth-order valence-corrected chi connectivity index (χ4v) is 2.51. The Bertz CT molecular complexity index is 504. The van der Waals surface area contributed by atoms with E-state index in [2.05, 4.69) is 27.1 Å². The summed E-state index contributed by atoms with van der Waals surface area (Å²) >= 11 is 0. The highest BCUT2D eigenvalue weighted by Crippen LogP contribution is 2.17. The molecular formula is C13H22N6O. The number of oxime groups is 1. The molecule has 0 aliphatic carbocycles. The van der Waals surface area contributed by atoms with Gasteiger partial charge in [0.1, 0.15) is 5.69 Å². The Hall–Kier alpha value is -1.89. The van der Waals surface area contributed by atoms with Crippen LogP contribution >= 0.6 is 0 Å². The Kier molecular flexibility index (Phi) is 4.39. The molecule has 110 valence electrons. The monoisotopic (exact) mass is 278 g/mol. The van der Waals surface area contributed by atoms with Crippen molar-refractivity contribution in [2.45, 2.75) is 25.8 Å². The van der Waals surface area contributed by atoms with Crippen molar-refractivity contribution in [1.82, 2.24) is 14.9 Å². The molecule has 0 radical (unpaired) electrons. The molecule has 2 rings (SSSR count). The molecule has 1 atom stereocenters. The smallest absolute Gasteiger partial charge is 0.226 e. The van der Waals surface area contributed by atoms with E-state index < -0.39 is 0 Å². The first-order valence-corrected chi connectivity index (χ1v) is 6.76. The number of nitrogens with zero attached hydrogens (tertiary/aromatic N) is 5. The third-order valence-electron chi connectivity index (χ3n) is 3.71. The Morgan fingerprint density at radius 2 is 2.35 bits per heavy atom. The number of amidine groups is 1. The summed E-state index contributed by atoms with van der Waals surface area (Å²) in [5, 5.41) is 11.7. The molecular weight excluding hydrogens is 256 g/mol. The molecule has 1 fully saturated rings. The Balaban J connectivity index is 2.16. The summed E-state index contributed by atoms with van der Waals surface area (Å²) in [5.41, 5.74) is 6.84. The van der Waals surface area contributed by atoms with Gasteiger partial charge in [0.05, 0.1) is 0 Å². The minimum Gasteiger partial charge on any atom is -0.409 e. The SMILES string of the molecule is Cc1cc(/C(N)=N/O)nc(N(C)CC2CCCN2C)n1. The number of anilines is 1. The zero-order valence-corrected chi connectivity index (χ0v) is 12.2. The molecule has 1 saturated heterocycles. The molecule has 3 N–H and O–H groups in total. The van der Waals surface area contributed by atoms with Crippen LogP contribution in [-0.2, 0) is 0 Å². The van der Waals surface area contributed by atoms with Crippen LogP contribution in [0.3, 0.4) is 0 Å². The third-order valence-corrected chi connectivity index (χ3v) is 3.71. The standard InChI is InChI=1S/C13H22N6O/c1-9-7-11(12(14)17-20)16-13(15-9)19(3)8-10-5-4-6-18(10)2/h7,10,20H,4-6,8H2,1-3H3,(H2,14,17). The van der Waals surface area contributed by atoms with E-state index in [9.17, 15) is 0 Å². The molecule has 0 aromatic carbocycles. The normalized spacial score (nSPS) is 20.4. The second-order valence-corrected chi connectivity index (χ2v) is 5.34. The van der Waals surface area contributed by atoms with Crippen LogP contribution in [0.25, 0.3) is 0 Å². The number of aromatic nitrogens is 2. The van der Waals surface area contributed by atoms with Gasteiger partial charge in [0.2, 0.25) is 5.95 Å². The van der Waals surface area contributed by atoms with E-state index >= 15 is 0 Å². The lowest BCUT2D eigenvalue weighted by Gasteiger charge is -2.26. The van der Waals surface area contributed by atoms with Gasteiger partial charge in [0.25, 0.3) is 0 Å². The highest BCUT2D eigenvalue weighted by atomic mass is 16.4. The molecule has 2 heterocycles. The fourth-order valence-electron chi connectivity index (χ4n) is 2.51. The minimum atomic E-state index is 0.00290. The van der Waals surface area contributed by atoms with E-state index in [-0.39, 0.29) is 5.84 Å². The van der Waals surface area contributed by atoms with Gasteiger partial charge in [0, 0.05) is 25.3 Å². The van der Waals surface area contributed by atoms with Crippen LogP contribution in [0, 0.1) is 6.92 Å². The van der Waals surface area contributed by atoms with Crippen molar-refractivity contribution in [2.75, 3.05) is 32.1 Å². The number of nitrogens with two attached hydrogens (primary N) is 1. The van der Waals surface area contributed by atoms with E-state index in [4.69, 9.17) is 10.9 Å². The van der Waals surface area contributed by atoms with Crippen molar-refractivity contribution < 1.29 is 5.21 Å². The van der Waals surface area contributed by atoms with Crippen LogP contribution in [0.4, 0.5) is 5.95 Å². The Morgan fingerprint density at radius 3 is 2.95 bits per heavy atom. The number of likely N-dealkylation sites (N-methyl/N-ethyl adjacent to an activating group) is 2. The van der Waals surface area contributed by atoms with Crippen molar-refractivity contribution in [1.29, 1.82) is 0 Å². The first-order chi connectivity index (χ1) is 9.51. The largest absolute Gasteiger partial charge is 0.409 e. The first kappa shape index (κ1) is 14.5. The molecule has 1 aromatic heterocycles. The minimum absolute atomic E-state index is 0.00290. The van der Waals surface area contributed by atoms with Gasteiger partial charge in [-0.2, -0.15) is 0 Å². The van der Waals surface area contributed by atoms with Gasteiger partial charge in [-0.1, -0.05) is 5.16 Å². The summed E-state index contributed by atoms with van der Waals surface area (Å²) in [6, 6.07) is 2.23. The number of rotatable bonds is 4. The average molecular weight is 278 g/mol. The highest BCUT2D eigenvalue weighted by molar-refractivity contribution is 5.95. The molecule has 1 aromatic rings. The van der Waals surface area contributed by atoms with Gasteiger partial charge in [-0.3, -0.25) is 0 Å². The lowest BCUT2D eigenvalue weighted by molar-refractivity contribution is 0.313. The number of hydrogen-bond donors (Lipinski definition) is 2. The summed E-state index contributed by atoms with van der Waals surface area (Å²) in [6.45, 7) is 3.88. The van der Waals surface area contributed by atoms with Crippen LogP contribution in [0.1, 0.15) is 24.2 Å². The maximum absolute atomic E-state index is 8.76.